The second kappa shape index (κ2) is 6.93. The van der Waals surface area contributed by atoms with Crippen molar-refractivity contribution in [2.24, 2.45) is 5.92 Å². The predicted octanol–water partition coefficient (Wildman–Crippen LogP) is 3.06. The molecule has 0 aromatic heterocycles. The summed E-state index contributed by atoms with van der Waals surface area (Å²) in [7, 11) is 0. The molecule has 0 saturated carbocycles. The lowest BCUT2D eigenvalue weighted by molar-refractivity contribution is -0.137. The van der Waals surface area contributed by atoms with E-state index in [1.807, 2.05) is 25.7 Å². The van der Waals surface area contributed by atoms with Gasteiger partial charge in [-0.1, -0.05) is 29.5 Å². The second-order valence-corrected chi connectivity index (χ2v) is 8.90. The lowest BCUT2D eigenvalue weighted by atomic mass is 9.90. The highest BCUT2D eigenvalue weighted by atomic mass is 127. The summed E-state index contributed by atoms with van der Waals surface area (Å²) < 4.78 is 5.56. The fourth-order valence-corrected chi connectivity index (χ4v) is 3.93. The molecule has 2 saturated heterocycles. The van der Waals surface area contributed by atoms with Crippen LogP contribution in [-0.4, -0.2) is 57.0 Å². The van der Waals surface area contributed by atoms with Crippen molar-refractivity contribution in [1.29, 1.82) is 0 Å². The van der Waals surface area contributed by atoms with Crippen LogP contribution in [0.5, 0.6) is 0 Å². The maximum Gasteiger partial charge on any atom is 0.410 e. The standard InChI is InChI=1S/C16H27IN2O3/c1-11-7-9-18(15(21)22-16(2,3)4)10-13(11)19-8-5-6-12(17)14(19)20/h11-13H,5-10H2,1-4H3/t11-,12-,13-/m0/s1. The Bertz CT molecular complexity index is 436. The van der Waals surface area contributed by atoms with Gasteiger partial charge in [-0.3, -0.25) is 4.79 Å². The molecular weight excluding hydrogens is 395 g/mol. The van der Waals surface area contributed by atoms with Crippen LogP contribution in [0, 0.1) is 5.92 Å². The number of ether oxygens (including phenoxy) is 1. The number of carbonyl (C=O) groups is 2. The van der Waals surface area contributed by atoms with E-state index in [-0.39, 0.29) is 22.0 Å². The molecule has 0 aliphatic carbocycles. The Kier molecular flexibility index (Phi) is 5.61. The maximum atomic E-state index is 12.5. The molecule has 0 radical (unpaired) electrons. The molecule has 0 spiro atoms. The van der Waals surface area contributed by atoms with Crippen molar-refractivity contribution >= 4 is 34.6 Å². The Morgan fingerprint density at radius 1 is 1.27 bits per heavy atom. The third-order valence-corrected chi connectivity index (χ3v) is 5.53. The summed E-state index contributed by atoms with van der Waals surface area (Å²) in [6.07, 6.45) is 2.67. The monoisotopic (exact) mass is 422 g/mol. The van der Waals surface area contributed by atoms with Gasteiger partial charge in [-0.2, -0.15) is 0 Å². The van der Waals surface area contributed by atoms with Crippen LogP contribution in [0.1, 0.15) is 47.0 Å². The molecule has 2 fully saturated rings. The molecule has 5 nitrogen and oxygen atoms in total. The van der Waals surface area contributed by atoms with E-state index < -0.39 is 5.60 Å². The number of hydrogen-bond acceptors (Lipinski definition) is 3. The zero-order valence-electron chi connectivity index (χ0n) is 14.0. The first-order valence-electron chi connectivity index (χ1n) is 8.11. The second-order valence-electron chi connectivity index (χ2n) is 7.40. The minimum atomic E-state index is -0.482. The van der Waals surface area contributed by atoms with Crippen molar-refractivity contribution in [3.8, 4) is 0 Å². The van der Waals surface area contributed by atoms with Gasteiger partial charge in [-0.15, -0.1) is 0 Å². The number of rotatable bonds is 1. The number of carbonyl (C=O) groups excluding carboxylic acids is 2. The third-order valence-electron chi connectivity index (χ3n) is 4.38. The van der Waals surface area contributed by atoms with Crippen molar-refractivity contribution < 1.29 is 14.3 Å². The van der Waals surface area contributed by atoms with E-state index in [1.54, 1.807) is 4.90 Å². The molecule has 2 aliphatic rings. The molecule has 2 rings (SSSR count). The lowest BCUT2D eigenvalue weighted by Gasteiger charge is -2.45. The number of hydrogen-bond donors (Lipinski definition) is 0. The van der Waals surface area contributed by atoms with Crippen LogP contribution in [0.4, 0.5) is 4.79 Å². The predicted molar refractivity (Wildman–Crippen MR) is 94.1 cm³/mol. The summed E-state index contributed by atoms with van der Waals surface area (Å²) in [6, 6.07) is 0.117. The van der Waals surface area contributed by atoms with Crippen molar-refractivity contribution in [3.63, 3.8) is 0 Å². The van der Waals surface area contributed by atoms with Gasteiger partial charge in [0.05, 0.1) is 9.97 Å². The Balaban J connectivity index is 2.05. The van der Waals surface area contributed by atoms with E-state index in [2.05, 4.69) is 29.5 Å². The summed E-state index contributed by atoms with van der Waals surface area (Å²) in [5.41, 5.74) is -0.482. The molecule has 0 N–H and O–H groups in total. The van der Waals surface area contributed by atoms with Crippen molar-refractivity contribution in [3.05, 3.63) is 0 Å². The number of piperidine rings is 2. The smallest absolute Gasteiger partial charge is 0.410 e. The minimum Gasteiger partial charge on any atom is -0.444 e. The topological polar surface area (TPSA) is 49.9 Å². The number of nitrogens with zero attached hydrogens (tertiary/aromatic N) is 2. The first-order chi connectivity index (χ1) is 10.2. The molecule has 2 aliphatic heterocycles. The van der Waals surface area contributed by atoms with Crippen LogP contribution < -0.4 is 0 Å². The van der Waals surface area contributed by atoms with Crippen LogP contribution in [0.2, 0.25) is 0 Å². The largest absolute Gasteiger partial charge is 0.444 e. The van der Waals surface area contributed by atoms with Gasteiger partial charge >= 0.3 is 6.09 Å². The number of halogens is 1. The van der Waals surface area contributed by atoms with Crippen LogP contribution >= 0.6 is 22.6 Å². The zero-order chi connectivity index (χ0) is 16.5. The molecule has 0 bridgehead atoms. The summed E-state index contributed by atoms with van der Waals surface area (Å²) in [4.78, 5) is 28.5. The minimum absolute atomic E-state index is 0.0791. The van der Waals surface area contributed by atoms with Crippen molar-refractivity contribution in [2.75, 3.05) is 19.6 Å². The molecule has 0 unspecified atom stereocenters. The lowest BCUT2D eigenvalue weighted by Crippen LogP contribution is -2.58. The van der Waals surface area contributed by atoms with E-state index in [0.29, 0.717) is 19.0 Å². The number of alkyl halides is 1. The van der Waals surface area contributed by atoms with Crippen LogP contribution in [0.25, 0.3) is 0 Å². The zero-order valence-corrected chi connectivity index (χ0v) is 16.1. The number of amides is 2. The Labute approximate surface area is 146 Å². The third kappa shape index (κ3) is 4.26. The van der Waals surface area contributed by atoms with Crippen LogP contribution in [0.15, 0.2) is 0 Å². The Morgan fingerprint density at radius 2 is 1.95 bits per heavy atom. The summed E-state index contributed by atoms with van der Waals surface area (Å²) in [6.45, 7) is 9.93. The maximum absolute atomic E-state index is 12.5. The number of likely N-dealkylation sites (tertiary alicyclic amines) is 2. The molecule has 2 amide bonds. The highest BCUT2D eigenvalue weighted by Gasteiger charge is 2.39. The Hall–Kier alpha value is -0.530. The average Bonchev–Trinajstić information content (AvgIpc) is 2.41. The van der Waals surface area contributed by atoms with Crippen LogP contribution in [0.3, 0.4) is 0 Å². The molecule has 3 atom stereocenters. The Morgan fingerprint density at radius 3 is 2.59 bits per heavy atom. The van der Waals surface area contributed by atoms with Gasteiger partial charge in [0, 0.05) is 19.6 Å². The van der Waals surface area contributed by atoms with Gasteiger partial charge in [-0.25, -0.2) is 4.79 Å². The first-order valence-corrected chi connectivity index (χ1v) is 9.36. The quantitative estimate of drug-likeness (QED) is 0.482. The fraction of sp³-hybridized carbons (Fsp3) is 0.875. The molecule has 22 heavy (non-hydrogen) atoms. The SMILES string of the molecule is C[C@H]1CCN(C(=O)OC(C)(C)C)C[C@@H]1N1CCC[C@H](I)C1=O. The summed E-state index contributed by atoms with van der Waals surface area (Å²) in [5, 5.41) is 0. The van der Waals surface area contributed by atoms with Crippen molar-refractivity contribution in [1.82, 2.24) is 9.80 Å². The van der Waals surface area contributed by atoms with Crippen molar-refractivity contribution in [2.45, 2.75) is 62.5 Å². The van der Waals surface area contributed by atoms with E-state index in [4.69, 9.17) is 4.74 Å². The summed E-state index contributed by atoms with van der Waals surface area (Å²) >= 11 is 2.24. The first kappa shape index (κ1) is 17.8. The van der Waals surface area contributed by atoms with E-state index in [0.717, 1.165) is 25.8 Å². The van der Waals surface area contributed by atoms with E-state index in [1.165, 1.54) is 0 Å². The van der Waals surface area contributed by atoms with Gasteiger partial charge in [0.2, 0.25) is 5.91 Å². The molecule has 6 heteroatoms. The molecule has 0 aromatic rings. The molecule has 2 heterocycles. The molecule has 126 valence electrons. The van der Waals surface area contributed by atoms with Gasteiger partial charge in [0.25, 0.3) is 0 Å². The van der Waals surface area contributed by atoms with Gasteiger partial charge in [0.1, 0.15) is 5.60 Å². The normalized spacial score (nSPS) is 30.4. The van der Waals surface area contributed by atoms with Gasteiger partial charge in [-0.05, 0) is 46.0 Å². The molecular formula is C16H27IN2O3. The highest BCUT2D eigenvalue weighted by Crippen LogP contribution is 2.28. The van der Waals surface area contributed by atoms with E-state index in [9.17, 15) is 9.59 Å². The molecule has 0 aromatic carbocycles. The highest BCUT2D eigenvalue weighted by molar-refractivity contribution is 14.1. The van der Waals surface area contributed by atoms with Gasteiger partial charge < -0.3 is 14.5 Å². The van der Waals surface area contributed by atoms with E-state index >= 15 is 0 Å². The summed E-state index contributed by atoms with van der Waals surface area (Å²) in [5.74, 6) is 0.652. The van der Waals surface area contributed by atoms with Crippen LogP contribution in [-0.2, 0) is 9.53 Å². The average molecular weight is 422 g/mol. The fourth-order valence-electron chi connectivity index (χ4n) is 3.13. The van der Waals surface area contributed by atoms with Gasteiger partial charge in [0.15, 0.2) is 0 Å².